The van der Waals surface area contributed by atoms with Crippen LogP contribution in [0.4, 0.5) is 0 Å². The molecule has 1 radical (unpaired) electrons. The minimum absolute atomic E-state index is 0. The third-order valence-electron chi connectivity index (χ3n) is 1.13. The maximum atomic E-state index is 3.78. The van der Waals surface area contributed by atoms with Gasteiger partial charge in [-0.2, -0.15) is 0 Å². The molecule has 0 aliphatic heterocycles. The molecule has 0 aliphatic rings. The van der Waals surface area contributed by atoms with Crippen molar-refractivity contribution in [2.75, 3.05) is 0 Å². The van der Waals surface area contributed by atoms with Crippen LogP contribution >= 0.6 is 0 Å². The summed E-state index contributed by atoms with van der Waals surface area (Å²) in [6.45, 7) is 0. The van der Waals surface area contributed by atoms with Crippen molar-refractivity contribution < 1.29 is 20.1 Å². The molecule has 0 aromatic carbocycles. The van der Waals surface area contributed by atoms with E-state index in [4.69, 9.17) is 0 Å². The molecule has 2 aromatic heterocycles. The molecule has 0 amide bonds. The van der Waals surface area contributed by atoms with Crippen LogP contribution in [-0.4, -0.2) is 9.97 Å². The van der Waals surface area contributed by atoms with Crippen LogP contribution in [0, 0.1) is 0 Å². The van der Waals surface area contributed by atoms with Gasteiger partial charge in [-0.05, 0) is 24.3 Å². The second-order valence-electron chi connectivity index (χ2n) is 2.05. The summed E-state index contributed by atoms with van der Waals surface area (Å²) in [6, 6.07) is 11.4. The van der Waals surface area contributed by atoms with Gasteiger partial charge in [0.15, 0.2) is 0 Å². The molecule has 0 saturated heterocycles. The molecule has 2 nitrogen and oxygen atoms in total. The van der Waals surface area contributed by atoms with E-state index >= 15 is 0 Å². The molecular formula is C10H10IrN2. The normalized spacial score (nSPS) is 7.38. The van der Waals surface area contributed by atoms with Crippen LogP contribution in [0.25, 0.3) is 0 Å². The van der Waals surface area contributed by atoms with Crippen LogP contribution in [0.3, 0.4) is 0 Å². The summed E-state index contributed by atoms with van der Waals surface area (Å²) in [6.07, 6.45) is 7.00. The summed E-state index contributed by atoms with van der Waals surface area (Å²) in [5.41, 5.74) is 0. The fraction of sp³-hybridized carbons (Fsp3) is 0. The van der Waals surface area contributed by atoms with Gasteiger partial charge in [0.05, 0.1) is 0 Å². The largest absolute Gasteiger partial charge is 0.265 e. The topological polar surface area (TPSA) is 25.8 Å². The molecule has 69 valence electrons. The molecule has 2 aromatic rings. The van der Waals surface area contributed by atoms with Gasteiger partial charge in [0, 0.05) is 44.9 Å². The average molecular weight is 350 g/mol. The monoisotopic (exact) mass is 351 g/mol. The molecule has 2 rings (SSSR count). The molecule has 2 heterocycles. The SMILES string of the molecule is [Ir].c1ccncc1.c1ccncc1. The van der Waals surface area contributed by atoms with Crippen LogP contribution in [0.1, 0.15) is 0 Å². The standard InChI is InChI=1S/2C5H5N.Ir/c2*1-2-4-6-5-3-1;/h2*1-5H;. The van der Waals surface area contributed by atoms with E-state index in [0.717, 1.165) is 0 Å². The number of rotatable bonds is 0. The van der Waals surface area contributed by atoms with Crippen LogP contribution in [0.15, 0.2) is 61.2 Å². The van der Waals surface area contributed by atoms with E-state index in [9.17, 15) is 0 Å². The minimum Gasteiger partial charge on any atom is -0.265 e. The zero-order valence-electron chi connectivity index (χ0n) is 7.00. The van der Waals surface area contributed by atoms with E-state index in [1.807, 2.05) is 36.4 Å². The van der Waals surface area contributed by atoms with Gasteiger partial charge in [0.25, 0.3) is 0 Å². The first-order chi connectivity index (χ1) is 6.00. The molecular weight excluding hydrogens is 340 g/mol. The van der Waals surface area contributed by atoms with E-state index in [2.05, 4.69) is 9.97 Å². The van der Waals surface area contributed by atoms with Crippen molar-refractivity contribution in [3.05, 3.63) is 61.2 Å². The Bertz CT molecular complexity index is 188. The maximum absolute atomic E-state index is 3.78. The van der Waals surface area contributed by atoms with Crippen molar-refractivity contribution in [1.29, 1.82) is 0 Å². The Morgan fingerprint density at radius 2 is 0.769 bits per heavy atom. The van der Waals surface area contributed by atoms with Crippen molar-refractivity contribution in [1.82, 2.24) is 9.97 Å². The average Bonchev–Trinajstić information content (AvgIpc) is 2.24. The third kappa shape index (κ3) is 7.31. The summed E-state index contributed by atoms with van der Waals surface area (Å²) in [5, 5.41) is 0. The second-order valence-corrected chi connectivity index (χ2v) is 2.05. The number of aromatic nitrogens is 2. The van der Waals surface area contributed by atoms with Gasteiger partial charge in [-0.25, -0.2) is 0 Å². The Kier molecular flexibility index (Phi) is 8.31. The molecule has 0 bridgehead atoms. The van der Waals surface area contributed by atoms with E-state index in [-0.39, 0.29) is 20.1 Å². The summed E-state index contributed by atoms with van der Waals surface area (Å²) < 4.78 is 0. The van der Waals surface area contributed by atoms with Crippen molar-refractivity contribution in [2.24, 2.45) is 0 Å². The molecule has 0 spiro atoms. The van der Waals surface area contributed by atoms with Crippen LogP contribution in [0.2, 0.25) is 0 Å². The Morgan fingerprint density at radius 1 is 0.462 bits per heavy atom. The third-order valence-corrected chi connectivity index (χ3v) is 1.13. The zero-order chi connectivity index (χ0) is 8.49. The van der Waals surface area contributed by atoms with Crippen LogP contribution in [-0.2, 0) is 20.1 Å². The minimum atomic E-state index is 0. The van der Waals surface area contributed by atoms with E-state index < -0.39 is 0 Å². The maximum Gasteiger partial charge on any atom is 0.0267 e. The first-order valence-corrected chi connectivity index (χ1v) is 3.70. The molecule has 0 unspecified atom stereocenters. The first kappa shape index (κ1) is 11.9. The fourth-order valence-electron chi connectivity index (χ4n) is 0.625. The van der Waals surface area contributed by atoms with E-state index in [1.165, 1.54) is 0 Å². The van der Waals surface area contributed by atoms with E-state index in [0.29, 0.717) is 0 Å². The predicted octanol–water partition coefficient (Wildman–Crippen LogP) is 2.16. The van der Waals surface area contributed by atoms with Crippen molar-refractivity contribution >= 4 is 0 Å². The van der Waals surface area contributed by atoms with Gasteiger partial charge in [-0.15, -0.1) is 0 Å². The fourth-order valence-corrected chi connectivity index (χ4v) is 0.625. The van der Waals surface area contributed by atoms with Crippen LogP contribution in [0.5, 0.6) is 0 Å². The summed E-state index contributed by atoms with van der Waals surface area (Å²) in [5.74, 6) is 0. The van der Waals surface area contributed by atoms with Crippen molar-refractivity contribution in [3.8, 4) is 0 Å². The molecule has 13 heavy (non-hydrogen) atoms. The summed E-state index contributed by atoms with van der Waals surface area (Å²) in [4.78, 5) is 7.57. The predicted molar refractivity (Wildman–Crippen MR) is 48.5 cm³/mol. The van der Waals surface area contributed by atoms with Gasteiger partial charge in [0.2, 0.25) is 0 Å². The summed E-state index contributed by atoms with van der Waals surface area (Å²) >= 11 is 0. The Labute approximate surface area is 91.4 Å². The van der Waals surface area contributed by atoms with Crippen molar-refractivity contribution in [2.45, 2.75) is 0 Å². The Balaban J connectivity index is 0.000000206. The van der Waals surface area contributed by atoms with Gasteiger partial charge in [-0.3, -0.25) is 9.97 Å². The number of pyridine rings is 2. The zero-order valence-corrected chi connectivity index (χ0v) is 9.40. The number of nitrogens with zero attached hydrogens (tertiary/aromatic N) is 2. The molecule has 0 N–H and O–H groups in total. The second kappa shape index (κ2) is 9.04. The van der Waals surface area contributed by atoms with Gasteiger partial charge in [-0.1, -0.05) is 12.1 Å². The van der Waals surface area contributed by atoms with Gasteiger partial charge in [0.1, 0.15) is 0 Å². The first-order valence-electron chi connectivity index (χ1n) is 3.70. The summed E-state index contributed by atoms with van der Waals surface area (Å²) in [7, 11) is 0. The number of hydrogen-bond donors (Lipinski definition) is 0. The Morgan fingerprint density at radius 3 is 0.846 bits per heavy atom. The Hall–Kier alpha value is -1.05. The molecule has 0 atom stereocenters. The van der Waals surface area contributed by atoms with Gasteiger partial charge >= 0.3 is 0 Å². The van der Waals surface area contributed by atoms with Crippen molar-refractivity contribution in [3.63, 3.8) is 0 Å². The van der Waals surface area contributed by atoms with Gasteiger partial charge < -0.3 is 0 Å². The molecule has 3 heteroatoms. The molecule has 0 saturated carbocycles. The van der Waals surface area contributed by atoms with E-state index in [1.54, 1.807) is 24.8 Å². The quantitative estimate of drug-likeness (QED) is 0.728. The number of hydrogen-bond acceptors (Lipinski definition) is 2. The smallest absolute Gasteiger partial charge is 0.0267 e. The molecule has 0 fully saturated rings. The molecule has 0 aliphatic carbocycles. The van der Waals surface area contributed by atoms with Crippen LogP contribution < -0.4 is 0 Å².